The lowest BCUT2D eigenvalue weighted by Crippen LogP contribution is -2.56. The second-order valence-corrected chi connectivity index (χ2v) is 7.58. The molecule has 1 aliphatic rings. The van der Waals surface area contributed by atoms with Crippen molar-refractivity contribution in [3.8, 4) is 0 Å². The third-order valence-electron chi connectivity index (χ3n) is 4.45. The fourth-order valence-electron chi connectivity index (χ4n) is 2.41. The highest BCUT2D eigenvalue weighted by Crippen LogP contribution is 2.29. The number of nitrogens with two attached hydrogens (primary N) is 1. The van der Waals surface area contributed by atoms with E-state index in [1.54, 1.807) is 0 Å². The van der Waals surface area contributed by atoms with Crippen molar-refractivity contribution in [1.82, 2.24) is 9.80 Å². The van der Waals surface area contributed by atoms with E-state index in [1.807, 2.05) is 0 Å². The van der Waals surface area contributed by atoms with E-state index in [0.29, 0.717) is 0 Å². The molecule has 0 amide bonds. The topological polar surface area (TPSA) is 32.5 Å². The highest BCUT2D eigenvalue weighted by Gasteiger charge is 2.35. The van der Waals surface area contributed by atoms with Gasteiger partial charge in [0, 0.05) is 44.8 Å². The number of piperazine rings is 1. The molecule has 0 saturated carbocycles. The molecule has 108 valence electrons. The van der Waals surface area contributed by atoms with E-state index in [2.05, 4.69) is 51.3 Å². The van der Waals surface area contributed by atoms with Gasteiger partial charge < -0.3 is 15.5 Å². The van der Waals surface area contributed by atoms with Crippen LogP contribution in [0.1, 0.15) is 41.5 Å². The minimum atomic E-state index is -0.123. The lowest BCUT2D eigenvalue weighted by Gasteiger charge is -2.44. The van der Waals surface area contributed by atoms with Crippen molar-refractivity contribution >= 4 is 0 Å². The molecule has 18 heavy (non-hydrogen) atoms. The Kier molecular flexibility index (Phi) is 5.22. The zero-order chi connectivity index (χ0) is 14.0. The molecule has 2 N–H and O–H groups in total. The number of rotatable bonds is 5. The molecule has 3 nitrogen and oxygen atoms in total. The smallest absolute Gasteiger partial charge is 0.0161 e. The van der Waals surface area contributed by atoms with Gasteiger partial charge in [-0.15, -0.1) is 0 Å². The molecule has 1 rings (SSSR count). The molecule has 3 heteroatoms. The van der Waals surface area contributed by atoms with Crippen molar-refractivity contribution in [3.05, 3.63) is 0 Å². The maximum Gasteiger partial charge on any atom is 0.0161 e. The minimum absolute atomic E-state index is 0.123. The van der Waals surface area contributed by atoms with Crippen LogP contribution < -0.4 is 5.73 Å². The number of nitrogens with zero attached hydrogens (tertiary/aromatic N) is 2. The van der Waals surface area contributed by atoms with E-state index in [9.17, 15) is 0 Å². The molecule has 0 radical (unpaired) electrons. The first-order valence-corrected chi connectivity index (χ1v) is 7.35. The van der Waals surface area contributed by atoms with Crippen LogP contribution in [0, 0.1) is 11.3 Å². The van der Waals surface area contributed by atoms with Crippen LogP contribution in [0.4, 0.5) is 0 Å². The fourth-order valence-corrected chi connectivity index (χ4v) is 2.41. The van der Waals surface area contributed by atoms with Crippen molar-refractivity contribution in [2.75, 3.05) is 39.3 Å². The first-order chi connectivity index (χ1) is 8.12. The minimum Gasteiger partial charge on any atom is -0.325 e. The Morgan fingerprint density at radius 2 is 1.39 bits per heavy atom. The SMILES string of the molecule is CC(C)CN1CCN(CC(C)(C)C(C)(C)N)CC1. The standard InChI is InChI=1S/C15H33N3/c1-13(2)11-17-7-9-18(10-8-17)12-14(3,4)15(5,6)16/h13H,7-12,16H2,1-6H3. The van der Waals surface area contributed by atoms with Crippen molar-refractivity contribution in [3.63, 3.8) is 0 Å². The van der Waals surface area contributed by atoms with Crippen LogP contribution in [0.25, 0.3) is 0 Å². The summed E-state index contributed by atoms with van der Waals surface area (Å²) in [5.74, 6) is 0.774. The summed E-state index contributed by atoms with van der Waals surface area (Å²) in [6.45, 7) is 20.6. The van der Waals surface area contributed by atoms with Crippen LogP contribution in [0.5, 0.6) is 0 Å². The molecule has 0 aromatic rings. The molecule has 1 aliphatic heterocycles. The van der Waals surface area contributed by atoms with Gasteiger partial charge in [-0.05, 0) is 25.2 Å². The Morgan fingerprint density at radius 3 is 1.78 bits per heavy atom. The van der Waals surface area contributed by atoms with E-state index >= 15 is 0 Å². The first-order valence-electron chi connectivity index (χ1n) is 7.35. The van der Waals surface area contributed by atoms with Crippen molar-refractivity contribution in [2.24, 2.45) is 17.1 Å². The van der Waals surface area contributed by atoms with Gasteiger partial charge in [-0.3, -0.25) is 0 Å². The summed E-state index contributed by atoms with van der Waals surface area (Å²) in [5, 5.41) is 0. The van der Waals surface area contributed by atoms with Crippen molar-refractivity contribution in [1.29, 1.82) is 0 Å². The van der Waals surface area contributed by atoms with E-state index < -0.39 is 0 Å². The summed E-state index contributed by atoms with van der Waals surface area (Å²) in [5.41, 5.74) is 6.32. The Hall–Kier alpha value is -0.120. The number of hydrogen-bond acceptors (Lipinski definition) is 3. The van der Waals surface area contributed by atoms with Gasteiger partial charge in [0.05, 0.1) is 0 Å². The largest absolute Gasteiger partial charge is 0.325 e. The molecule has 0 spiro atoms. The molecule has 1 fully saturated rings. The lowest BCUT2D eigenvalue weighted by molar-refractivity contribution is 0.0642. The average Bonchev–Trinajstić information content (AvgIpc) is 2.18. The Bertz CT molecular complexity index is 245. The molecular weight excluding hydrogens is 222 g/mol. The van der Waals surface area contributed by atoms with E-state index in [0.717, 1.165) is 12.5 Å². The summed E-state index contributed by atoms with van der Waals surface area (Å²) in [4.78, 5) is 5.16. The Labute approximate surface area is 114 Å². The van der Waals surface area contributed by atoms with Crippen molar-refractivity contribution < 1.29 is 0 Å². The van der Waals surface area contributed by atoms with Crippen LogP contribution in [0.15, 0.2) is 0 Å². The molecule has 0 bridgehead atoms. The fraction of sp³-hybridized carbons (Fsp3) is 1.00. The normalized spacial score (nSPS) is 20.7. The van der Waals surface area contributed by atoms with Gasteiger partial charge in [0.2, 0.25) is 0 Å². The summed E-state index contributed by atoms with van der Waals surface area (Å²) in [6, 6.07) is 0. The molecule has 1 heterocycles. The van der Waals surface area contributed by atoms with Gasteiger partial charge in [0.15, 0.2) is 0 Å². The third kappa shape index (κ3) is 4.52. The van der Waals surface area contributed by atoms with Gasteiger partial charge in [0.1, 0.15) is 0 Å². The van der Waals surface area contributed by atoms with Crippen LogP contribution in [-0.4, -0.2) is 54.6 Å². The quantitative estimate of drug-likeness (QED) is 0.816. The third-order valence-corrected chi connectivity index (χ3v) is 4.45. The van der Waals surface area contributed by atoms with Crippen LogP contribution >= 0.6 is 0 Å². The van der Waals surface area contributed by atoms with Gasteiger partial charge in [-0.1, -0.05) is 27.7 Å². The van der Waals surface area contributed by atoms with Crippen LogP contribution in [0.2, 0.25) is 0 Å². The van der Waals surface area contributed by atoms with E-state index in [4.69, 9.17) is 5.73 Å². The Balaban J connectivity index is 2.40. The highest BCUT2D eigenvalue weighted by atomic mass is 15.3. The van der Waals surface area contributed by atoms with E-state index in [1.165, 1.54) is 32.7 Å². The number of hydrogen-bond donors (Lipinski definition) is 1. The van der Waals surface area contributed by atoms with Gasteiger partial charge >= 0.3 is 0 Å². The first kappa shape index (κ1) is 15.9. The molecule has 0 aromatic carbocycles. The van der Waals surface area contributed by atoms with Crippen molar-refractivity contribution in [2.45, 2.75) is 47.1 Å². The van der Waals surface area contributed by atoms with Crippen LogP contribution in [0.3, 0.4) is 0 Å². The Morgan fingerprint density at radius 1 is 0.944 bits per heavy atom. The van der Waals surface area contributed by atoms with Gasteiger partial charge in [0.25, 0.3) is 0 Å². The zero-order valence-corrected chi connectivity index (χ0v) is 13.3. The summed E-state index contributed by atoms with van der Waals surface area (Å²) >= 11 is 0. The highest BCUT2D eigenvalue weighted by molar-refractivity contribution is 4.93. The maximum atomic E-state index is 6.29. The summed E-state index contributed by atoms with van der Waals surface area (Å²) in [6.07, 6.45) is 0. The molecule has 0 atom stereocenters. The predicted octanol–water partition coefficient (Wildman–Crippen LogP) is 2.02. The molecule has 0 aromatic heterocycles. The lowest BCUT2D eigenvalue weighted by atomic mass is 9.75. The molecular formula is C15H33N3. The monoisotopic (exact) mass is 255 g/mol. The molecule has 0 unspecified atom stereocenters. The summed E-state index contributed by atoms with van der Waals surface area (Å²) in [7, 11) is 0. The average molecular weight is 255 g/mol. The summed E-state index contributed by atoms with van der Waals surface area (Å²) < 4.78 is 0. The predicted molar refractivity (Wildman–Crippen MR) is 79.8 cm³/mol. The molecule has 1 saturated heterocycles. The van der Waals surface area contributed by atoms with Gasteiger partial charge in [-0.2, -0.15) is 0 Å². The van der Waals surface area contributed by atoms with Gasteiger partial charge in [-0.25, -0.2) is 0 Å². The van der Waals surface area contributed by atoms with E-state index in [-0.39, 0.29) is 11.0 Å². The maximum absolute atomic E-state index is 6.29. The zero-order valence-electron chi connectivity index (χ0n) is 13.3. The molecule has 0 aliphatic carbocycles. The second kappa shape index (κ2) is 5.89. The second-order valence-electron chi connectivity index (χ2n) is 7.58. The van der Waals surface area contributed by atoms with Crippen LogP contribution in [-0.2, 0) is 0 Å².